The van der Waals surface area contributed by atoms with Crippen LogP contribution in [0.25, 0.3) is 11.0 Å². The van der Waals surface area contributed by atoms with Crippen LogP contribution < -0.4 is 5.84 Å². The van der Waals surface area contributed by atoms with E-state index in [-0.39, 0.29) is 0 Å². The van der Waals surface area contributed by atoms with Crippen molar-refractivity contribution in [1.82, 2.24) is 9.66 Å². The van der Waals surface area contributed by atoms with Gasteiger partial charge >= 0.3 is 0 Å². The Morgan fingerprint density at radius 3 is 3.08 bits per heavy atom. The van der Waals surface area contributed by atoms with Crippen LogP contribution in [0.4, 0.5) is 0 Å². The fourth-order valence-electron chi connectivity index (χ4n) is 1.10. The van der Waals surface area contributed by atoms with Crippen LogP contribution in [0, 0.1) is 11.3 Å². The van der Waals surface area contributed by atoms with E-state index in [1.807, 2.05) is 6.07 Å². The molecule has 1 aromatic carbocycles. The molecule has 4 heteroatoms. The lowest BCUT2D eigenvalue weighted by Crippen LogP contribution is -2.04. The van der Waals surface area contributed by atoms with Crippen molar-refractivity contribution in [2.24, 2.45) is 0 Å². The lowest BCUT2D eigenvalue weighted by molar-refractivity contribution is 1.04. The SMILES string of the molecule is N#Cc1ccc2ncn(N)c2c1. The molecule has 2 rings (SSSR count). The second-order valence-corrected chi connectivity index (χ2v) is 2.47. The van der Waals surface area contributed by atoms with Gasteiger partial charge in [0, 0.05) is 0 Å². The zero-order valence-corrected chi connectivity index (χ0v) is 6.23. The molecule has 4 nitrogen and oxygen atoms in total. The Hall–Kier alpha value is -2.02. The standard InChI is InChI=1S/C8H6N4/c9-4-6-1-2-7-8(3-6)12(10)5-11-7/h1-3,5H,10H2. The summed E-state index contributed by atoms with van der Waals surface area (Å²) >= 11 is 0. The third-order valence-corrected chi connectivity index (χ3v) is 1.70. The largest absolute Gasteiger partial charge is 0.338 e. The molecule has 0 aliphatic heterocycles. The summed E-state index contributed by atoms with van der Waals surface area (Å²) in [4.78, 5) is 4.02. The highest BCUT2D eigenvalue weighted by molar-refractivity contribution is 5.76. The number of aromatic nitrogens is 2. The van der Waals surface area contributed by atoms with Crippen molar-refractivity contribution < 1.29 is 0 Å². The molecule has 0 aliphatic carbocycles. The first-order chi connectivity index (χ1) is 5.81. The van der Waals surface area contributed by atoms with E-state index in [9.17, 15) is 0 Å². The van der Waals surface area contributed by atoms with Crippen molar-refractivity contribution in [2.45, 2.75) is 0 Å². The highest BCUT2D eigenvalue weighted by atomic mass is 15.3. The van der Waals surface area contributed by atoms with Gasteiger partial charge in [-0.25, -0.2) is 9.66 Å². The second-order valence-electron chi connectivity index (χ2n) is 2.47. The van der Waals surface area contributed by atoms with Gasteiger partial charge in [0.1, 0.15) is 6.33 Å². The molecule has 2 aromatic rings. The first kappa shape index (κ1) is 6.68. The van der Waals surface area contributed by atoms with E-state index >= 15 is 0 Å². The van der Waals surface area contributed by atoms with Crippen LogP contribution in [-0.2, 0) is 0 Å². The molecule has 0 saturated carbocycles. The second kappa shape index (κ2) is 2.24. The Morgan fingerprint density at radius 1 is 1.50 bits per heavy atom. The first-order valence-electron chi connectivity index (χ1n) is 3.43. The lowest BCUT2D eigenvalue weighted by Gasteiger charge is -1.93. The number of nitriles is 1. The summed E-state index contributed by atoms with van der Waals surface area (Å²) in [5.41, 5.74) is 2.17. The van der Waals surface area contributed by atoms with Crippen LogP contribution in [0.15, 0.2) is 24.5 Å². The Kier molecular flexibility index (Phi) is 1.25. The van der Waals surface area contributed by atoms with Crippen LogP contribution >= 0.6 is 0 Å². The molecular formula is C8H6N4. The number of nitrogens with zero attached hydrogens (tertiary/aromatic N) is 3. The van der Waals surface area contributed by atoms with E-state index in [1.54, 1.807) is 18.2 Å². The van der Waals surface area contributed by atoms with E-state index < -0.39 is 0 Å². The van der Waals surface area contributed by atoms with Crippen LogP contribution in [0.2, 0.25) is 0 Å². The molecule has 2 N–H and O–H groups in total. The van der Waals surface area contributed by atoms with Gasteiger partial charge in [0.2, 0.25) is 0 Å². The number of benzene rings is 1. The van der Waals surface area contributed by atoms with Crippen LogP contribution in [0.1, 0.15) is 5.56 Å². The summed E-state index contributed by atoms with van der Waals surface area (Å²) in [6.45, 7) is 0. The predicted molar refractivity (Wildman–Crippen MR) is 44.6 cm³/mol. The van der Waals surface area contributed by atoms with Gasteiger partial charge in [-0.1, -0.05) is 0 Å². The normalized spacial score (nSPS) is 9.92. The molecule has 0 atom stereocenters. The molecule has 0 radical (unpaired) electrons. The molecule has 12 heavy (non-hydrogen) atoms. The van der Waals surface area contributed by atoms with Gasteiger partial charge in [0.05, 0.1) is 22.7 Å². The Balaban J connectivity index is 2.82. The quantitative estimate of drug-likeness (QED) is 0.571. The number of imidazole rings is 1. The minimum absolute atomic E-state index is 0.592. The number of fused-ring (bicyclic) bond motifs is 1. The molecule has 0 amide bonds. The molecule has 0 aliphatic rings. The predicted octanol–water partition coefficient (Wildman–Crippen LogP) is 0.622. The Morgan fingerprint density at radius 2 is 2.33 bits per heavy atom. The van der Waals surface area contributed by atoms with Gasteiger partial charge < -0.3 is 5.84 Å². The van der Waals surface area contributed by atoms with Crippen LogP contribution in [0.5, 0.6) is 0 Å². The lowest BCUT2D eigenvalue weighted by atomic mass is 10.2. The van der Waals surface area contributed by atoms with Crippen molar-refractivity contribution in [3.8, 4) is 6.07 Å². The number of nitrogens with two attached hydrogens (primary N) is 1. The summed E-state index contributed by atoms with van der Waals surface area (Å²) < 4.78 is 1.40. The third-order valence-electron chi connectivity index (χ3n) is 1.70. The Labute approximate surface area is 68.8 Å². The maximum atomic E-state index is 8.60. The molecular weight excluding hydrogens is 152 g/mol. The van der Waals surface area contributed by atoms with Gasteiger partial charge in [0.25, 0.3) is 0 Å². The number of rotatable bonds is 0. The van der Waals surface area contributed by atoms with Crippen molar-refractivity contribution >= 4 is 11.0 Å². The van der Waals surface area contributed by atoms with E-state index in [1.165, 1.54) is 11.0 Å². The maximum Gasteiger partial charge on any atom is 0.115 e. The monoisotopic (exact) mass is 158 g/mol. The number of hydrogen-bond acceptors (Lipinski definition) is 3. The fourth-order valence-corrected chi connectivity index (χ4v) is 1.10. The highest BCUT2D eigenvalue weighted by Crippen LogP contribution is 2.11. The summed E-state index contributed by atoms with van der Waals surface area (Å²) in [6, 6.07) is 7.24. The highest BCUT2D eigenvalue weighted by Gasteiger charge is 1.99. The molecule has 0 saturated heterocycles. The topological polar surface area (TPSA) is 67.6 Å². The van der Waals surface area contributed by atoms with Gasteiger partial charge in [-0.15, -0.1) is 0 Å². The van der Waals surface area contributed by atoms with Crippen molar-refractivity contribution in [1.29, 1.82) is 5.26 Å². The van der Waals surface area contributed by atoms with E-state index in [2.05, 4.69) is 4.98 Å². The third kappa shape index (κ3) is 0.805. The fraction of sp³-hybridized carbons (Fsp3) is 0. The average molecular weight is 158 g/mol. The van der Waals surface area contributed by atoms with Crippen molar-refractivity contribution in [2.75, 3.05) is 5.84 Å². The summed E-state index contributed by atoms with van der Waals surface area (Å²) in [5.74, 6) is 5.54. The summed E-state index contributed by atoms with van der Waals surface area (Å²) in [6.07, 6.45) is 1.52. The average Bonchev–Trinajstić information content (AvgIpc) is 2.47. The zero-order chi connectivity index (χ0) is 8.55. The van der Waals surface area contributed by atoms with Gasteiger partial charge in [-0.05, 0) is 18.2 Å². The molecule has 0 bridgehead atoms. The summed E-state index contributed by atoms with van der Waals surface area (Å²) in [5, 5.41) is 8.60. The van der Waals surface area contributed by atoms with E-state index in [0.717, 1.165) is 11.0 Å². The van der Waals surface area contributed by atoms with Crippen molar-refractivity contribution in [3.05, 3.63) is 30.1 Å². The minimum atomic E-state index is 0.592. The van der Waals surface area contributed by atoms with Gasteiger partial charge in [-0.3, -0.25) is 0 Å². The van der Waals surface area contributed by atoms with Crippen molar-refractivity contribution in [3.63, 3.8) is 0 Å². The first-order valence-corrected chi connectivity index (χ1v) is 3.43. The smallest absolute Gasteiger partial charge is 0.115 e. The minimum Gasteiger partial charge on any atom is -0.338 e. The van der Waals surface area contributed by atoms with Gasteiger partial charge in [-0.2, -0.15) is 5.26 Å². The maximum absolute atomic E-state index is 8.60. The number of hydrogen-bond donors (Lipinski definition) is 1. The van der Waals surface area contributed by atoms with Crippen LogP contribution in [-0.4, -0.2) is 9.66 Å². The molecule has 0 unspecified atom stereocenters. The van der Waals surface area contributed by atoms with Gasteiger partial charge in [0.15, 0.2) is 0 Å². The molecule has 0 spiro atoms. The van der Waals surface area contributed by atoms with E-state index in [4.69, 9.17) is 11.1 Å². The number of nitrogen functional groups attached to an aromatic ring is 1. The zero-order valence-electron chi connectivity index (χ0n) is 6.23. The molecule has 1 aromatic heterocycles. The molecule has 58 valence electrons. The van der Waals surface area contributed by atoms with E-state index in [0.29, 0.717) is 5.56 Å². The molecule has 0 fully saturated rings. The Bertz CT molecular complexity index is 463. The molecule has 1 heterocycles. The summed E-state index contributed by atoms with van der Waals surface area (Å²) in [7, 11) is 0. The van der Waals surface area contributed by atoms with Crippen LogP contribution in [0.3, 0.4) is 0 Å².